The Bertz CT molecular complexity index is 2730. The zero-order valence-electron chi connectivity index (χ0n) is 32.3. The maximum absolute atomic E-state index is 5.08. The van der Waals surface area contributed by atoms with Crippen molar-refractivity contribution in [2.45, 2.75) is 0 Å². The highest BCUT2D eigenvalue weighted by molar-refractivity contribution is 5.78. The fraction of sp³-hybridized carbons (Fsp3) is 0. The normalized spacial score (nSPS) is 11.0. The number of nitrogens with zero attached hydrogens (tertiary/aromatic N) is 7. The van der Waals surface area contributed by atoms with Gasteiger partial charge >= 0.3 is 0 Å². The molecule has 0 unspecified atom stereocenters. The number of hydrogen-bond acceptors (Lipinski definition) is 7. The maximum Gasteiger partial charge on any atom is 0.161 e. The first-order valence-corrected chi connectivity index (χ1v) is 19.7. The lowest BCUT2D eigenvalue weighted by Gasteiger charge is -2.12. The highest BCUT2D eigenvalue weighted by atomic mass is 14.9. The van der Waals surface area contributed by atoms with Crippen LogP contribution in [0.3, 0.4) is 0 Å². The molecule has 282 valence electrons. The van der Waals surface area contributed by atoms with Crippen molar-refractivity contribution in [3.63, 3.8) is 0 Å². The van der Waals surface area contributed by atoms with E-state index in [0.29, 0.717) is 11.6 Å². The molecule has 0 fully saturated rings. The van der Waals surface area contributed by atoms with Crippen LogP contribution in [0.15, 0.2) is 213 Å². The van der Waals surface area contributed by atoms with Crippen LogP contribution in [0.1, 0.15) is 0 Å². The van der Waals surface area contributed by atoms with Crippen LogP contribution >= 0.6 is 0 Å². The average Bonchev–Trinajstić information content (AvgIpc) is 3.35. The lowest BCUT2D eigenvalue weighted by molar-refractivity contribution is 1.17. The molecular weight excluding hydrogens is 735 g/mol. The Balaban J connectivity index is 1.01. The molecule has 0 atom stereocenters. The molecule has 5 aromatic heterocycles. The van der Waals surface area contributed by atoms with Gasteiger partial charge in [-0.2, -0.15) is 0 Å². The standard InChI is InChI=1S/C53H35N7/c1-5-15-37(16-6-1)46-34-49(58-52(57-46)41-21-11-4-12-22-41)40-26-24-36(25-27-40)43-31-50(44-23-13-14-30-54-44)56-51(32-43)45-29-28-42(35-55-45)53-59-47(38-17-7-2-8-18-38)33-48(60-53)39-19-9-3-10-20-39/h1-35H. The van der Waals surface area contributed by atoms with Gasteiger partial charge in [-0.25, -0.2) is 24.9 Å². The van der Waals surface area contributed by atoms with Crippen molar-refractivity contribution in [2.24, 2.45) is 0 Å². The molecule has 5 heterocycles. The van der Waals surface area contributed by atoms with Gasteiger partial charge in [-0.05, 0) is 59.7 Å². The van der Waals surface area contributed by atoms with Gasteiger partial charge in [0.25, 0.3) is 0 Å². The fourth-order valence-corrected chi connectivity index (χ4v) is 7.14. The first-order valence-electron chi connectivity index (χ1n) is 19.7. The summed E-state index contributed by atoms with van der Waals surface area (Å²) in [4.78, 5) is 34.6. The minimum Gasteiger partial charge on any atom is -0.255 e. The minimum atomic E-state index is 0.598. The zero-order valence-corrected chi connectivity index (χ0v) is 32.3. The van der Waals surface area contributed by atoms with Gasteiger partial charge in [0.15, 0.2) is 11.6 Å². The molecule has 0 radical (unpaired) electrons. The summed E-state index contributed by atoms with van der Waals surface area (Å²) in [6, 6.07) is 67.2. The summed E-state index contributed by atoms with van der Waals surface area (Å²) in [5.41, 5.74) is 14.2. The highest BCUT2D eigenvalue weighted by Gasteiger charge is 2.15. The van der Waals surface area contributed by atoms with Crippen LogP contribution < -0.4 is 0 Å². The predicted octanol–water partition coefficient (Wildman–Crippen LogP) is 12.5. The van der Waals surface area contributed by atoms with Gasteiger partial charge in [0.2, 0.25) is 0 Å². The minimum absolute atomic E-state index is 0.598. The van der Waals surface area contributed by atoms with Crippen molar-refractivity contribution in [3.05, 3.63) is 213 Å². The smallest absolute Gasteiger partial charge is 0.161 e. The third-order valence-electron chi connectivity index (χ3n) is 10.2. The van der Waals surface area contributed by atoms with Crippen molar-refractivity contribution in [2.75, 3.05) is 0 Å². The van der Waals surface area contributed by atoms with Gasteiger partial charge in [0, 0.05) is 45.8 Å². The quantitative estimate of drug-likeness (QED) is 0.144. The van der Waals surface area contributed by atoms with E-state index >= 15 is 0 Å². The van der Waals surface area contributed by atoms with E-state index in [1.54, 1.807) is 6.20 Å². The van der Waals surface area contributed by atoms with Crippen LogP contribution in [0.2, 0.25) is 0 Å². The molecular formula is C53H35N7. The predicted molar refractivity (Wildman–Crippen MR) is 240 cm³/mol. The number of benzene rings is 5. The summed E-state index contributed by atoms with van der Waals surface area (Å²) in [6.07, 6.45) is 3.61. The summed E-state index contributed by atoms with van der Waals surface area (Å²) in [7, 11) is 0. The molecule has 0 saturated heterocycles. The molecule has 5 aromatic carbocycles. The molecule has 60 heavy (non-hydrogen) atoms. The van der Waals surface area contributed by atoms with Crippen molar-refractivity contribution in [1.82, 2.24) is 34.9 Å². The Morgan fingerprint density at radius 2 is 0.617 bits per heavy atom. The Morgan fingerprint density at radius 1 is 0.217 bits per heavy atom. The molecule has 0 aliphatic heterocycles. The average molecular weight is 770 g/mol. The number of pyridine rings is 3. The van der Waals surface area contributed by atoms with E-state index in [1.807, 2.05) is 128 Å². The van der Waals surface area contributed by atoms with Crippen LogP contribution in [0.5, 0.6) is 0 Å². The molecule has 0 spiro atoms. The zero-order chi connectivity index (χ0) is 40.1. The van der Waals surface area contributed by atoms with Gasteiger partial charge in [0.05, 0.1) is 45.6 Å². The molecule has 7 heteroatoms. The third kappa shape index (κ3) is 7.71. The summed E-state index contributed by atoms with van der Waals surface area (Å²) in [5, 5.41) is 0. The van der Waals surface area contributed by atoms with Crippen LogP contribution in [0.25, 0.3) is 102 Å². The molecule has 0 amide bonds. The molecule has 7 nitrogen and oxygen atoms in total. The second kappa shape index (κ2) is 16.3. The Hall–Kier alpha value is -8.29. The van der Waals surface area contributed by atoms with Crippen LogP contribution in [0, 0.1) is 0 Å². The third-order valence-corrected chi connectivity index (χ3v) is 10.2. The maximum atomic E-state index is 5.08. The summed E-state index contributed by atoms with van der Waals surface area (Å²) in [6.45, 7) is 0. The molecule has 0 saturated carbocycles. The van der Waals surface area contributed by atoms with Crippen LogP contribution in [0.4, 0.5) is 0 Å². The van der Waals surface area contributed by atoms with Gasteiger partial charge in [-0.15, -0.1) is 0 Å². The molecule has 0 bridgehead atoms. The van der Waals surface area contributed by atoms with Crippen molar-refractivity contribution < 1.29 is 0 Å². The summed E-state index contributed by atoms with van der Waals surface area (Å²) in [5.74, 6) is 1.28. The fourth-order valence-electron chi connectivity index (χ4n) is 7.14. The van der Waals surface area contributed by atoms with E-state index < -0.39 is 0 Å². The van der Waals surface area contributed by atoms with E-state index in [0.717, 1.165) is 90.1 Å². The SMILES string of the molecule is c1ccc(-c2cc(-c3ccc(-c4cc(-c5ccccn5)nc(-c5ccc(-c6nc(-c7ccccc7)cc(-c7ccccc7)n6)cn5)c4)cc3)nc(-c3ccccc3)n2)cc1. The Kier molecular flexibility index (Phi) is 9.79. The Labute approximate surface area is 347 Å². The van der Waals surface area contributed by atoms with Crippen molar-refractivity contribution in [3.8, 4) is 102 Å². The second-order valence-corrected chi connectivity index (χ2v) is 14.2. The highest BCUT2D eigenvalue weighted by Crippen LogP contribution is 2.33. The number of aromatic nitrogens is 7. The van der Waals surface area contributed by atoms with Crippen LogP contribution in [-0.2, 0) is 0 Å². The van der Waals surface area contributed by atoms with Gasteiger partial charge in [-0.1, -0.05) is 152 Å². The van der Waals surface area contributed by atoms with Crippen molar-refractivity contribution in [1.29, 1.82) is 0 Å². The monoisotopic (exact) mass is 769 g/mol. The summed E-state index contributed by atoms with van der Waals surface area (Å²) >= 11 is 0. The van der Waals surface area contributed by atoms with Gasteiger partial charge in [-0.3, -0.25) is 9.97 Å². The van der Waals surface area contributed by atoms with Crippen molar-refractivity contribution >= 4 is 0 Å². The molecule has 10 rings (SSSR count). The molecule has 0 aliphatic rings. The number of hydrogen-bond donors (Lipinski definition) is 0. The first kappa shape index (κ1) is 36.1. The van der Waals surface area contributed by atoms with Gasteiger partial charge in [0.1, 0.15) is 0 Å². The molecule has 0 aliphatic carbocycles. The second-order valence-electron chi connectivity index (χ2n) is 14.2. The first-order chi connectivity index (χ1) is 29.7. The summed E-state index contributed by atoms with van der Waals surface area (Å²) < 4.78 is 0. The largest absolute Gasteiger partial charge is 0.255 e. The topological polar surface area (TPSA) is 90.2 Å². The van der Waals surface area contributed by atoms with Gasteiger partial charge < -0.3 is 0 Å². The lowest BCUT2D eigenvalue weighted by Crippen LogP contribution is -1.97. The van der Waals surface area contributed by atoms with E-state index in [4.69, 9.17) is 29.9 Å². The lowest BCUT2D eigenvalue weighted by atomic mass is 10.00. The van der Waals surface area contributed by atoms with E-state index in [9.17, 15) is 0 Å². The van der Waals surface area contributed by atoms with E-state index in [1.165, 1.54) is 0 Å². The van der Waals surface area contributed by atoms with E-state index in [2.05, 4.69) is 83.8 Å². The van der Waals surface area contributed by atoms with Crippen LogP contribution in [-0.4, -0.2) is 34.9 Å². The van der Waals surface area contributed by atoms with E-state index in [-0.39, 0.29) is 0 Å². The Morgan fingerprint density at radius 3 is 1.07 bits per heavy atom. The molecule has 10 aromatic rings. The number of rotatable bonds is 9. The molecule has 0 N–H and O–H groups in total.